The fraction of sp³-hybridized carbons (Fsp3) is 0.755. The number of carboxylic acid groups (broad SMARTS) is 2. The number of aliphatic carboxylic acids is 2. The Labute approximate surface area is 412 Å². The van der Waals surface area contributed by atoms with Crippen molar-refractivity contribution in [3.63, 3.8) is 0 Å². The van der Waals surface area contributed by atoms with Gasteiger partial charge in [-0.3, -0.25) is 28.8 Å². The standard InChI is InChI=1S/C53H87N3O11S/c1-3-5-7-9-11-13-15-17-19-21-23-25-27-29-49(60)66-39-44(67-50(61)30-28-26-24-22-20-18-16-14-12-10-8-6-4-2)40-68-41-46-52(63)56(38-47(57)54-46)37-42-31-33-43(34-32-42)51(62)55-45(53(64)65)35-36-48(58)59/h31-34,44-46H,3-30,35-41H2,1-2H3,(H,54,57)(H,55,62)(H,58,59)(H,64,65)/t44-,45+,46+/m1/s1. The molecule has 0 aromatic heterocycles. The predicted molar refractivity (Wildman–Crippen MR) is 268 cm³/mol. The Kier molecular flexibility index (Phi) is 34.1. The number of carboxylic acids is 2. The minimum absolute atomic E-state index is 0.0836. The molecule has 0 spiro atoms. The number of piperazine rings is 1. The van der Waals surface area contributed by atoms with Crippen molar-refractivity contribution < 1.29 is 53.2 Å². The molecule has 0 unspecified atom stereocenters. The van der Waals surface area contributed by atoms with Crippen molar-refractivity contribution >= 4 is 53.4 Å². The molecule has 0 bridgehead atoms. The molecule has 3 atom stereocenters. The highest BCUT2D eigenvalue weighted by Gasteiger charge is 2.33. The molecule has 0 radical (unpaired) electrons. The zero-order valence-electron chi connectivity index (χ0n) is 41.7. The van der Waals surface area contributed by atoms with Gasteiger partial charge in [-0.05, 0) is 37.0 Å². The molecule has 14 nitrogen and oxygen atoms in total. The summed E-state index contributed by atoms with van der Waals surface area (Å²) in [5.41, 5.74) is 0.782. The van der Waals surface area contributed by atoms with Crippen LogP contribution in [0.3, 0.4) is 0 Å². The number of nitrogens with zero attached hydrogens (tertiary/aromatic N) is 1. The number of nitrogens with one attached hydrogen (secondary N) is 2. The van der Waals surface area contributed by atoms with E-state index in [0.717, 1.165) is 44.9 Å². The van der Waals surface area contributed by atoms with Gasteiger partial charge in [0.15, 0.2) is 0 Å². The van der Waals surface area contributed by atoms with Crippen molar-refractivity contribution in [3.8, 4) is 0 Å². The second-order valence-corrected chi connectivity index (χ2v) is 19.7. The van der Waals surface area contributed by atoms with Gasteiger partial charge in [0.2, 0.25) is 11.8 Å². The van der Waals surface area contributed by atoms with E-state index in [-0.39, 0.29) is 73.4 Å². The Hall–Kier alpha value is -4.14. The average molecular weight is 974 g/mol. The van der Waals surface area contributed by atoms with E-state index >= 15 is 0 Å². The number of unbranched alkanes of at least 4 members (excludes halogenated alkanes) is 24. The first kappa shape index (κ1) is 60.0. The lowest BCUT2D eigenvalue weighted by atomic mass is 10.0. The van der Waals surface area contributed by atoms with Crippen molar-refractivity contribution in [2.45, 2.75) is 231 Å². The second kappa shape index (κ2) is 38.7. The number of benzene rings is 1. The number of carbonyl (C=O) groups is 7. The van der Waals surface area contributed by atoms with Gasteiger partial charge in [-0.25, -0.2) is 4.79 Å². The Balaban J connectivity index is 1.85. The highest BCUT2D eigenvalue weighted by Crippen LogP contribution is 2.19. The van der Waals surface area contributed by atoms with E-state index in [4.69, 9.17) is 14.6 Å². The molecule has 1 saturated heterocycles. The van der Waals surface area contributed by atoms with E-state index in [2.05, 4.69) is 24.5 Å². The maximum Gasteiger partial charge on any atom is 0.326 e. The molecule has 68 heavy (non-hydrogen) atoms. The molecule has 1 aliphatic heterocycles. The molecular formula is C53H87N3O11S. The zero-order chi connectivity index (χ0) is 49.6. The molecule has 4 N–H and O–H groups in total. The summed E-state index contributed by atoms with van der Waals surface area (Å²) in [6.07, 6.45) is 30.5. The molecule has 1 heterocycles. The molecule has 3 amide bonds. The third-order valence-electron chi connectivity index (χ3n) is 12.4. The van der Waals surface area contributed by atoms with Crippen LogP contribution in [0.4, 0.5) is 0 Å². The first-order chi connectivity index (χ1) is 32.9. The number of carbonyl (C=O) groups excluding carboxylic acids is 5. The fourth-order valence-corrected chi connectivity index (χ4v) is 9.30. The topological polar surface area (TPSA) is 206 Å². The maximum absolute atomic E-state index is 13.6. The van der Waals surface area contributed by atoms with Crippen molar-refractivity contribution in [3.05, 3.63) is 35.4 Å². The van der Waals surface area contributed by atoms with E-state index in [9.17, 15) is 38.7 Å². The van der Waals surface area contributed by atoms with Crippen molar-refractivity contribution in [2.24, 2.45) is 0 Å². The number of rotatable bonds is 43. The first-order valence-electron chi connectivity index (χ1n) is 26.3. The Morgan fingerprint density at radius 1 is 0.676 bits per heavy atom. The first-order valence-corrected chi connectivity index (χ1v) is 27.4. The average Bonchev–Trinajstić information content (AvgIpc) is 3.31. The van der Waals surface area contributed by atoms with Crippen LogP contribution in [0.15, 0.2) is 24.3 Å². The fourth-order valence-electron chi connectivity index (χ4n) is 8.28. The van der Waals surface area contributed by atoms with E-state index in [1.54, 1.807) is 12.1 Å². The molecule has 2 rings (SSSR count). The number of hydrogen-bond donors (Lipinski definition) is 4. The van der Waals surface area contributed by atoms with Gasteiger partial charge in [0, 0.05) is 42.9 Å². The van der Waals surface area contributed by atoms with Crippen molar-refractivity contribution in [1.82, 2.24) is 15.5 Å². The number of hydrogen-bond acceptors (Lipinski definition) is 10. The SMILES string of the molecule is CCCCCCCCCCCCCCCC(=O)OC[C@H](CSC[C@@H]1NC(=O)CN(Cc2ccc(C(=O)N[C@@H](CCC(=O)O)C(=O)O)cc2)C1=O)OC(=O)CCCCCCCCCCCCCCC. The van der Waals surface area contributed by atoms with Gasteiger partial charge in [-0.2, -0.15) is 11.8 Å². The Bertz CT molecular complexity index is 1590. The zero-order valence-corrected chi connectivity index (χ0v) is 42.5. The van der Waals surface area contributed by atoms with Gasteiger partial charge >= 0.3 is 23.9 Å². The molecule has 1 aliphatic rings. The van der Waals surface area contributed by atoms with Crippen LogP contribution in [-0.2, 0) is 44.8 Å². The number of thioether (sulfide) groups is 1. The van der Waals surface area contributed by atoms with Gasteiger partial charge in [-0.1, -0.05) is 180 Å². The van der Waals surface area contributed by atoms with Crippen LogP contribution in [0.2, 0.25) is 0 Å². The molecule has 0 saturated carbocycles. The summed E-state index contributed by atoms with van der Waals surface area (Å²) in [5, 5.41) is 23.4. The largest absolute Gasteiger partial charge is 0.481 e. The summed E-state index contributed by atoms with van der Waals surface area (Å²) in [7, 11) is 0. The lowest BCUT2D eigenvalue weighted by Gasteiger charge is -2.32. The van der Waals surface area contributed by atoms with Gasteiger partial charge in [0.05, 0.1) is 6.54 Å². The molecule has 0 aliphatic carbocycles. The number of ether oxygens (including phenoxy) is 2. The molecule has 1 aromatic rings. The van der Waals surface area contributed by atoms with Gasteiger partial charge in [0.25, 0.3) is 5.91 Å². The van der Waals surface area contributed by atoms with E-state index in [0.29, 0.717) is 12.0 Å². The minimum atomic E-state index is -1.37. The van der Waals surface area contributed by atoms with E-state index in [1.807, 2.05) is 0 Å². The normalized spacial score (nSPS) is 14.6. The Morgan fingerprint density at radius 3 is 1.62 bits per heavy atom. The van der Waals surface area contributed by atoms with Crippen LogP contribution in [0.25, 0.3) is 0 Å². The van der Waals surface area contributed by atoms with Crippen LogP contribution in [0.5, 0.6) is 0 Å². The Morgan fingerprint density at radius 2 is 1.15 bits per heavy atom. The molecule has 386 valence electrons. The molecule has 1 fully saturated rings. The third kappa shape index (κ3) is 29.7. The predicted octanol–water partition coefficient (Wildman–Crippen LogP) is 10.7. The van der Waals surface area contributed by atoms with Crippen LogP contribution in [0.1, 0.15) is 222 Å². The number of amides is 3. The monoisotopic (exact) mass is 974 g/mol. The highest BCUT2D eigenvalue weighted by atomic mass is 32.2. The summed E-state index contributed by atoms with van der Waals surface area (Å²) in [4.78, 5) is 88.6. The van der Waals surface area contributed by atoms with Crippen LogP contribution >= 0.6 is 11.8 Å². The second-order valence-electron chi connectivity index (χ2n) is 18.6. The minimum Gasteiger partial charge on any atom is -0.481 e. The quantitative estimate of drug-likeness (QED) is 0.0356. The van der Waals surface area contributed by atoms with Gasteiger partial charge in [0.1, 0.15) is 24.8 Å². The molecule has 15 heteroatoms. The van der Waals surface area contributed by atoms with Crippen molar-refractivity contribution in [1.29, 1.82) is 0 Å². The summed E-state index contributed by atoms with van der Waals surface area (Å²) in [6, 6.07) is 3.92. The van der Waals surface area contributed by atoms with Gasteiger partial charge in [-0.15, -0.1) is 0 Å². The van der Waals surface area contributed by atoms with Crippen LogP contribution in [-0.4, -0.2) is 99.6 Å². The summed E-state index contributed by atoms with van der Waals surface area (Å²) in [6.45, 7) is 4.32. The highest BCUT2D eigenvalue weighted by molar-refractivity contribution is 7.99. The van der Waals surface area contributed by atoms with Crippen LogP contribution in [0, 0.1) is 0 Å². The lowest BCUT2D eigenvalue weighted by molar-refractivity contribution is -0.157. The summed E-state index contributed by atoms with van der Waals surface area (Å²) < 4.78 is 11.5. The van der Waals surface area contributed by atoms with E-state index in [1.165, 1.54) is 151 Å². The third-order valence-corrected chi connectivity index (χ3v) is 13.6. The van der Waals surface area contributed by atoms with E-state index < -0.39 is 42.5 Å². The van der Waals surface area contributed by atoms with Crippen molar-refractivity contribution in [2.75, 3.05) is 24.7 Å². The summed E-state index contributed by atoms with van der Waals surface area (Å²) >= 11 is 1.33. The van der Waals surface area contributed by atoms with Crippen LogP contribution < -0.4 is 10.6 Å². The number of esters is 2. The summed E-state index contributed by atoms with van der Waals surface area (Å²) in [5.74, 6) is -4.06. The smallest absolute Gasteiger partial charge is 0.326 e. The van der Waals surface area contributed by atoms with Gasteiger partial charge < -0.3 is 35.2 Å². The molecular weight excluding hydrogens is 887 g/mol. The lowest BCUT2D eigenvalue weighted by Crippen LogP contribution is -2.58. The molecule has 1 aromatic carbocycles. The maximum atomic E-state index is 13.6.